The van der Waals surface area contributed by atoms with Crippen LogP contribution in [-0.4, -0.2) is 6.61 Å². The summed E-state index contributed by atoms with van der Waals surface area (Å²) in [6, 6.07) is 5.87. The molecule has 0 aromatic heterocycles. The normalized spacial score (nSPS) is 13.9. The maximum absolute atomic E-state index is 5.36. The molecule has 1 nitrogen and oxygen atoms in total. The van der Waals surface area contributed by atoms with Crippen LogP contribution in [0.15, 0.2) is 29.2 Å². The van der Waals surface area contributed by atoms with Crippen LogP contribution in [0.2, 0.25) is 0 Å². The second-order valence-electron chi connectivity index (χ2n) is 2.44. The molecule has 0 fully saturated rings. The SMILES string of the molecule is Sc1ccc2c(c1)C=CCO2. The van der Waals surface area contributed by atoms with Gasteiger partial charge in [-0.15, -0.1) is 12.6 Å². The Balaban J connectivity index is 2.54. The minimum Gasteiger partial charge on any atom is -0.489 e. The van der Waals surface area contributed by atoms with E-state index in [4.69, 9.17) is 4.74 Å². The van der Waals surface area contributed by atoms with E-state index in [1.54, 1.807) is 0 Å². The Labute approximate surface area is 71.1 Å². The van der Waals surface area contributed by atoms with E-state index in [1.807, 2.05) is 24.3 Å². The van der Waals surface area contributed by atoms with Gasteiger partial charge < -0.3 is 4.74 Å². The van der Waals surface area contributed by atoms with E-state index in [1.165, 1.54) is 0 Å². The van der Waals surface area contributed by atoms with E-state index in [2.05, 4.69) is 18.7 Å². The van der Waals surface area contributed by atoms with Crippen molar-refractivity contribution in [3.8, 4) is 5.75 Å². The van der Waals surface area contributed by atoms with Crippen LogP contribution < -0.4 is 4.74 Å². The lowest BCUT2D eigenvalue weighted by Crippen LogP contribution is -1.99. The number of benzene rings is 1. The summed E-state index contributed by atoms with van der Waals surface area (Å²) in [4.78, 5) is 0.971. The third kappa shape index (κ3) is 1.26. The average molecular weight is 164 g/mol. The van der Waals surface area contributed by atoms with Gasteiger partial charge in [0.05, 0.1) is 0 Å². The molecule has 0 saturated carbocycles. The van der Waals surface area contributed by atoms with E-state index in [9.17, 15) is 0 Å². The standard InChI is InChI=1S/C9H8OS/c11-8-3-4-9-7(6-8)2-1-5-10-9/h1-4,6,11H,5H2. The average Bonchev–Trinajstić information content (AvgIpc) is 2.04. The minimum atomic E-state index is 0.679. The third-order valence-electron chi connectivity index (χ3n) is 1.63. The van der Waals surface area contributed by atoms with Crippen molar-refractivity contribution in [2.45, 2.75) is 4.90 Å². The first-order chi connectivity index (χ1) is 5.36. The molecular weight excluding hydrogens is 156 g/mol. The van der Waals surface area contributed by atoms with Crippen LogP contribution in [-0.2, 0) is 0 Å². The lowest BCUT2D eigenvalue weighted by atomic mass is 10.1. The van der Waals surface area contributed by atoms with E-state index in [0.717, 1.165) is 16.2 Å². The van der Waals surface area contributed by atoms with Crippen molar-refractivity contribution >= 4 is 18.7 Å². The number of fused-ring (bicyclic) bond motifs is 1. The highest BCUT2D eigenvalue weighted by Crippen LogP contribution is 2.25. The number of hydrogen-bond acceptors (Lipinski definition) is 2. The molecule has 0 atom stereocenters. The molecule has 0 amide bonds. The minimum absolute atomic E-state index is 0.679. The third-order valence-corrected chi connectivity index (χ3v) is 1.90. The Kier molecular flexibility index (Phi) is 1.62. The zero-order chi connectivity index (χ0) is 7.68. The topological polar surface area (TPSA) is 9.23 Å². The van der Waals surface area contributed by atoms with Gasteiger partial charge in [-0.2, -0.15) is 0 Å². The Morgan fingerprint density at radius 3 is 3.18 bits per heavy atom. The fourth-order valence-corrected chi connectivity index (χ4v) is 1.32. The highest BCUT2D eigenvalue weighted by atomic mass is 32.1. The lowest BCUT2D eigenvalue weighted by molar-refractivity contribution is 0.358. The van der Waals surface area contributed by atoms with Gasteiger partial charge in [0.25, 0.3) is 0 Å². The van der Waals surface area contributed by atoms with Crippen molar-refractivity contribution in [3.63, 3.8) is 0 Å². The molecule has 1 aliphatic heterocycles. The predicted molar refractivity (Wildman–Crippen MR) is 48.2 cm³/mol. The van der Waals surface area contributed by atoms with Crippen molar-refractivity contribution in [3.05, 3.63) is 29.8 Å². The smallest absolute Gasteiger partial charge is 0.127 e. The van der Waals surface area contributed by atoms with Crippen LogP contribution in [0.1, 0.15) is 5.56 Å². The molecule has 1 aromatic rings. The first-order valence-electron chi connectivity index (χ1n) is 3.48. The number of ether oxygens (including phenoxy) is 1. The van der Waals surface area contributed by atoms with E-state index in [-0.39, 0.29) is 0 Å². The van der Waals surface area contributed by atoms with Crippen molar-refractivity contribution in [2.75, 3.05) is 6.61 Å². The van der Waals surface area contributed by atoms with Crippen molar-refractivity contribution in [1.82, 2.24) is 0 Å². The lowest BCUT2D eigenvalue weighted by Gasteiger charge is -2.11. The number of thiol groups is 1. The molecular formula is C9H8OS. The summed E-state index contributed by atoms with van der Waals surface area (Å²) in [6.07, 6.45) is 4.05. The first kappa shape index (κ1) is 6.80. The summed E-state index contributed by atoms with van der Waals surface area (Å²) >= 11 is 4.23. The Hall–Kier alpha value is -0.890. The summed E-state index contributed by atoms with van der Waals surface area (Å²) in [5.41, 5.74) is 1.11. The molecule has 56 valence electrons. The first-order valence-corrected chi connectivity index (χ1v) is 3.93. The van der Waals surface area contributed by atoms with Crippen LogP contribution in [0.3, 0.4) is 0 Å². The second-order valence-corrected chi connectivity index (χ2v) is 2.95. The molecule has 0 bridgehead atoms. The quantitative estimate of drug-likeness (QED) is 0.579. The Morgan fingerprint density at radius 2 is 2.27 bits per heavy atom. The van der Waals surface area contributed by atoms with E-state index >= 15 is 0 Å². The van der Waals surface area contributed by atoms with Gasteiger partial charge in [0, 0.05) is 10.5 Å². The molecule has 2 rings (SSSR count). The van der Waals surface area contributed by atoms with E-state index < -0.39 is 0 Å². The van der Waals surface area contributed by atoms with Crippen LogP contribution in [0, 0.1) is 0 Å². The van der Waals surface area contributed by atoms with Crippen LogP contribution >= 0.6 is 12.6 Å². The predicted octanol–water partition coefficient (Wildman–Crippen LogP) is 2.38. The highest BCUT2D eigenvalue weighted by Gasteiger charge is 2.03. The molecule has 0 spiro atoms. The van der Waals surface area contributed by atoms with Crippen molar-refractivity contribution < 1.29 is 4.74 Å². The molecule has 11 heavy (non-hydrogen) atoms. The fourth-order valence-electron chi connectivity index (χ4n) is 1.11. The summed E-state index contributed by atoms with van der Waals surface area (Å²) in [5, 5.41) is 0. The number of hydrogen-bond donors (Lipinski definition) is 1. The second kappa shape index (κ2) is 2.62. The molecule has 1 aliphatic rings. The van der Waals surface area contributed by atoms with Gasteiger partial charge in [-0.05, 0) is 24.3 Å². The van der Waals surface area contributed by atoms with Crippen LogP contribution in [0.25, 0.3) is 6.08 Å². The van der Waals surface area contributed by atoms with E-state index in [0.29, 0.717) is 6.61 Å². The summed E-state index contributed by atoms with van der Waals surface area (Å²) < 4.78 is 5.36. The largest absolute Gasteiger partial charge is 0.489 e. The van der Waals surface area contributed by atoms with Gasteiger partial charge in [0.1, 0.15) is 12.4 Å². The van der Waals surface area contributed by atoms with Gasteiger partial charge in [-0.1, -0.05) is 6.08 Å². The fraction of sp³-hybridized carbons (Fsp3) is 0.111. The summed E-state index contributed by atoms with van der Waals surface area (Å²) in [5.74, 6) is 0.949. The van der Waals surface area contributed by atoms with Gasteiger partial charge in [0.15, 0.2) is 0 Å². The molecule has 0 radical (unpaired) electrons. The van der Waals surface area contributed by atoms with Crippen LogP contribution in [0.5, 0.6) is 5.75 Å². The van der Waals surface area contributed by atoms with Gasteiger partial charge >= 0.3 is 0 Å². The van der Waals surface area contributed by atoms with Gasteiger partial charge in [0.2, 0.25) is 0 Å². The molecule has 0 N–H and O–H groups in total. The zero-order valence-electron chi connectivity index (χ0n) is 5.95. The Bertz CT molecular complexity index is 304. The zero-order valence-corrected chi connectivity index (χ0v) is 6.84. The number of rotatable bonds is 0. The van der Waals surface area contributed by atoms with Crippen molar-refractivity contribution in [2.24, 2.45) is 0 Å². The maximum Gasteiger partial charge on any atom is 0.127 e. The molecule has 1 heterocycles. The molecule has 2 heteroatoms. The maximum atomic E-state index is 5.36. The summed E-state index contributed by atoms with van der Waals surface area (Å²) in [7, 11) is 0. The Morgan fingerprint density at radius 1 is 1.36 bits per heavy atom. The molecule has 0 unspecified atom stereocenters. The monoisotopic (exact) mass is 164 g/mol. The van der Waals surface area contributed by atoms with Crippen molar-refractivity contribution in [1.29, 1.82) is 0 Å². The summed E-state index contributed by atoms with van der Waals surface area (Å²) in [6.45, 7) is 0.679. The highest BCUT2D eigenvalue weighted by molar-refractivity contribution is 7.80. The molecule has 0 aliphatic carbocycles. The van der Waals surface area contributed by atoms with Crippen LogP contribution in [0.4, 0.5) is 0 Å². The molecule has 0 saturated heterocycles. The molecule has 1 aromatic carbocycles. The van der Waals surface area contributed by atoms with Gasteiger partial charge in [-0.3, -0.25) is 0 Å². The van der Waals surface area contributed by atoms with Gasteiger partial charge in [-0.25, -0.2) is 0 Å².